The molecule has 0 saturated carbocycles. The van der Waals surface area contributed by atoms with Crippen molar-refractivity contribution in [3.63, 3.8) is 0 Å². The highest BCUT2D eigenvalue weighted by Crippen LogP contribution is 2.28. The monoisotopic (exact) mass is 291 g/mol. The Morgan fingerprint density at radius 3 is 2.45 bits per heavy atom. The van der Waals surface area contributed by atoms with E-state index < -0.39 is 0 Å². The number of nitrogens with zero attached hydrogens (tertiary/aromatic N) is 2. The summed E-state index contributed by atoms with van der Waals surface area (Å²) in [6, 6.07) is 8.14. The summed E-state index contributed by atoms with van der Waals surface area (Å²) in [7, 11) is 0. The minimum Gasteiger partial charge on any atom is -0.430 e. The van der Waals surface area contributed by atoms with Gasteiger partial charge in [0.2, 0.25) is 0 Å². The number of rotatable bonds is 5. The van der Waals surface area contributed by atoms with Gasteiger partial charge in [0, 0.05) is 6.54 Å². The number of hydrogen-bond donors (Lipinski definition) is 1. The third kappa shape index (κ3) is 4.02. The Bertz CT molecular complexity index is 543. The SMILES string of the molecule is CCNCc1nnc(Oc2ccc(C(C)(C)C)cc2)s1. The molecular formula is C15H21N3OS. The Kier molecular flexibility index (Phi) is 4.73. The van der Waals surface area contributed by atoms with Crippen molar-refractivity contribution in [2.24, 2.45) is 0 Å². The van der Waals surface area contributed by atoms with Crippen LogP contribution in [0.25, 0.3) is 0 Å². The fourth-order valence-electron chi connectivity index (χ4n) is 1.71. The van der Waals surface area contributed by atoms with Crippen molar-refractivity contribution in [2.75, 3.05) is 6.54 Å². The van der Waals surface area contributed by atoms with E-state index in [2.05, 4.69) is 55.3 Å². The van der Waals surface area contributed by atoms with Gasteiger partial charge < -0.3 is 10.1 Å². The van der Waals surface area contributed by atoms with Crippen LogP contribution in [-0.2, 0) is 12.0 Å². The number of benzene rings is 1. The quantitative estimate of drug-likeness (QED) is 0.911. The maximum absolute atomic E-state index is 5.72. The van der Waals surface area contributed by atoms with Gasteiger partial charge in [0.15, 0.2) is 0 Å². The smallest absolute Gasteiger partial charge is 0.299 e. The highest BCUT2D eigenvalue weighted by Gasteiger charge is 2.13. The molecular weight excluding hydrogens is 270 g/mol. The van der Waals surface area contributed by atoms with Crippen LogP contribution in [0.5, 0.6) is 10.9 Å². The molecule has 1 aromatic heterocycles. The Balaban J connectivity index is 2.01. The van der Waals surface area contributed by atoms with Crippen LogP contribution in [0.15, 0.2) is 24.3 Å². The summed E-state index contributed by atoms with van der Waals surface area (Å²) in [5.41, 5.74) is 1.44. The number of nitrogens with one attached hydrogen (secondary N) is 1. The first kappa shape index (κ1) is 14.9. The molecule has 2 aromatic rings. The molecule has 0 aliphatic heterocycles. The van der Waals surface area contributed by atoms with E-state index in [1.54, 1.807) is 0 Å². The lowest BCUT2D eigenvalue weighted by atomic mass is 9.87. The van der Waals surface area contributed by atoms with Crippen LogP contribution in [0.3, 0.4) is 0 Å². The average Bonchev–Trinajstić information content (AvgIpc) is 2.83. The van der Waals surface area contributed by atoms with Crippen molar-refractivity contribution >= 4 is 11.3 Å². The standard InChI is InChI=1S/C15H21N3OS/c1-5-16-10-13-17-18-14(20-13)19-12-8-6-11(7-9-12)15(2,3)4/h6-9,16H,5,10H2,1-4H3. The van der Waals surface area contributed by atoms with Crippen molar-refractivity contribution in [3.05, 3.63) is 34.8 Å². The molecule has 0 aliphatic rings. The van der Waals surface area contributed by atoms with E-state index in [0.29, 0.717) is 5.19 Å². The molecule has 0 unspecified atom stereocenters. The van der Waals surface area contributed by atoms with E-state index >= 15 is 0 Å². The number of aromatic nitrogens is 2. The Morgan fingerprint density at radius 1 is 1.15 bits per heavy atom. The summed E-state index contributed by atoms with van der Waals surface area (Å²) in [4.78, 5) is 0. The lowest BCUT2D eigenvalue weighted by molar-refractivity contribution is 0.472. The van der Waals surface area contributed by atoms with Gasteiger partial charge >= 0.3 is 0 Å². The number of hydrogen-bond acceptors (Lipinski definition) is 5. The first-order valence-electron chi connectivity index (χ1n) is 6.80. The number of ether oxygens (including phenoxy) is 1. The third-order valence-electron chi connectivity index (χ3n) is 2.90. The molecule has 0 spiro atoms. The predicted molar refractivity (Wildman–Crippen MR) is 82.5 cm³/mol. The molecule has 2 rings (SSSR count). The van der Waals surface area contributed by atoms with Crippen molar-refractivity contribution in [2.45, 2.75) is 39.7 Å². The first-order chi connectivity index (χ1) is 9.49. The van der Waals surface area contributed by atoms with Crippen molar-refractivity contribution < 1.29 is 4.74 Å². The molecule has 0 aliphatic carbocycles. The van der Waals surface area contributed by atoms with Crippen molar-refractivity contribution in [3.8, 4) is 10.9 Å². The van der Waals surface area contributed by atoms with Crippen LogP contribution < -0.4 is 10.1 Å². The molecule has 0 amide bonds. The Morgan fingerprint density at radius 2 is 1.85 bits per heavy atom. The molecule has 0 saturated heterocycles. The van der Waals surface area contributed by atoms with Gasteiger partial charge in [0.25, 0.3) is 5.19 Å². The Hall–Kier alpha value is -1.46. The van der Waals surface area contributed by atoms with E-state index in [4.69, 9.17) is 4.74 Å². The van der Waals surface area contributed by atoms with Gasteiger partial charge in [-0.1, -0.05) is 56.3 Å². The largest absolute Gasteiger partial charge is 0.430 e. The van der Waals surface area contributed by atoms with Gasteiger partial charge in [0.1, 0.15) is 10.8 Å². The topological polar surface area (TPSA) is 47.0 Å². The summed E-state index contributed by atoms with van der Waals surface area (Å²) in [5, 5.41) is 12.9. The van der Waals surface area contributed by atoms with Gasteiger partial charge in [-0.25, -0.2) is 0 Å². The summed E-state index contributed by atoms with van der Waals surface area (Å²) in [5.74, 6) is 0.796. The second-order valence-corrected chi connectivity index (χ2v) is 6.64. The van der Waals surface area contributed by atoms with Gasteiger partial charge in [-0.3, -0.25) is 0 Å². The molecule has 1 N–H and O–H groups in total. The summed E-state index contributed by atoms with van der Waals surface area (Å²) in [6.07, 6.45) is 0. The fraction of sp³-hybridized carbons (Fsp3) is 0.467. The van der Waals surface area contributed by atoms with Gasteiger partial charge in [-0.15, -0.1) is 5.10 Å². The molecule has 1 heterocycles. The van der Waals surface area contributed by atoms with Crippen LogP contribution in [0.4, 0.5) is 0 Å². The molecule has 1 aromatic carbocycles. The second-order valence-electron chi connectivity index (χ2n) is 5.62. The average molecular weight is 291 g/mol. The highest BCUT2D eigenvalue weighted by molar-refractivity contribution is 7.13. The summed E-state index contributed by atoms with van der Waals surface area (Å²) >= 11 is 1.47. The van der Waals surface area contributed by atoms with Crippen LogP contribution in [0.1, 0.15) is 38.3 Å². The van der Waals surface area contributed by atoms with E-state index in [-0.39, 0.29) is 5.41 Å². The lowest BCUT2D eigenvalue weighted by Gasteiger charge is -2.18. The van der Waals surface area contributed by atoms with Crippen molar-refractivity contribution in [1.82, 2.24) is 15.5 Å². The molecule has 0 radical (unpaired) electrons. The third-order valence-corrected chi connectivity index (χ3v) is 3.70. The molecule has 4 nitrogen and oxygen atoms in total. The zero-order valence-corrected chi connectivity index (χ0v) is 13.3. The van der Waals surface area contributed by atoms with E-state index in [9.17, 15) is 0 Å². The second kappa shape index (κ2) is 6.33. The maximum atomic E-state index is 5.72. The van der Waals surface area contributed by atoms with Gasteiger partial charge in [-0.05, 0) is 29.7 Å². The highest BCUT2D eigenvalue weighted by atomic mass is 32.1. The maximum Gasteiger partial charge on any atom is 0.299 e. The summed E-state index contributed by atoms with van der Waals surface area (Å²) < 4.78 is 5.72. The normalized spacial score (nSPS) is 11.6. The van der Waals surface area contributed by atoms with E-state index in [1.165, 1.54) is 16.9 Å². The molecule has 108 valence electrons. The fourth-order valence-corrected chi connectivity index (χ4v) is 2.38. The zero-order valence-electron chi connectivity index (χ0n) is 12.4. The molecule has 20 heavy (non-hydrogen) atoms. The Labute approximate surface area is 124 Å². The van der Waals surface area contributed by atoms with Gasteiger partial charge in [0.05, 0.1) is 0 Å². The zero-order chi connectivity index (χ0) is 14.6. The minimum atomic E-state index is 0.153. The molecule has 0 fully saturated rings. The predicted octanol–water partition coefficient (Wildman–Crippen LogP) is 3.74. The van der Waals surface area contributed by atoms with E-state index in [1.807, 2.05) is 12.1 Å². The first-order valence-corrected chi connectivity index (χ1v) is 7.62. The molecule has 0 bridgehead atoms. The van der Waals surface area contributed by atoms with E-state index in [0.717, 1.165) is 23.8 Å². The van der Waals surface area contributed by atoms with Crippen LogP contribution in [0.2, 0.25) is 0 Å². The van der Waals surface area contributed by atoms with Crippen LogP contribution in [0, 0.1) is 0 Å². The van der Waals surface area contributed by atoms with Crippen LogP contribution in [-0.4, -0.2) is 16.7 Å². The summed E-state index contributed by atoms with van der Waals surface area (Å²) in [6.45, 7) is 10.3. The molecule has 5 heteroatoms. The van der Waals surface area contributed by atoms with Crippen molar-refractivity contribution in [1.29, 1.82) is 0 Å². The molecule has 0 atom stereocenters. The van der Waals surface area contributed by atoms with Crippen LogP contribution >= 0.6 is 11.3 Å². The minimum absolute atomic E-state index is 0.153. The van der Waals surface area contributed by atoms with Gasteiger partial charge in [-0.2, -0.15) is 0 Å². The lowest BCUT2D eigenvalue weighted by Crippen LogP contribution is -2.11.